The molecule has 5 heteroatoms. The number of ether oxygens (including phenoxy) is 1. The first-order chi connectivity index (χ1) is 11.1. The van der Waals surface area contributed by atoms with Crippen LogP contribution in [0.25, 0.3) is 0 Å². The molecule has 0 radical (unpaired) electrons. The molecular weight excluding hydrogens is 292 g/mol. The van der Waals surface area contributed by atoms with Crippen molar-refractivity contribution in [1.29, 1.82) is 5.26 Å². The molecule has 2 rings (SSSR count). The highest BCUT2D eigenvalue weighted by Crippen LogP contribution is 2.42. The summed E-state index contributed by atoms with van der Waals surface area (Å²) < 4.78 is 5.33. The molecule has 0 N–H and O–H groups in total. The maximum absolute atomic E-state index is 12.7. The standard InChI is InChI=1S/C18H22N2O3/c1-20(13-7-12-19)16(21)14-23-17(22)18(10-5-6-11-18)15-8-3-2-4-9-15/h2-4,8-9H,5-7,10-11,13-14H2,1H3. The Labute approximate surface area is 136 Å². The summed E-state index contributed by atoms with van der Waals surface area (Å²) in [6.07, 6.45) is 3.76. The molecule has 1 saturated carbocycles. The molecule has 1 aliphatic rings. The van der Waals surface area contributed by atoms with Crippen molar-refractivity contribution in [2.45, 2.75) is 37.5 Å². The predicted molar refractivity (Wildman–Crippen MR) is 85.4 cm³/mol. The van der Waals surface area contributed by atoms with Gasteiger partial charge in [0.15, 0.2) is 6.61 Å². The minimum absolute atomic E-state index is 0.268. The van der Waals surface area contributed by atoms with Crippen LogP contribution in [0.3, 0.4) is 0 Å². The highest BCUT2D eigenvalue weighted by atomic mass is 16.5. The third-order valence-electron chi connectivity index (χ3n) is 4.49. The van der Waals surface area contributed by atoms with E-state index < -0.39 is 5.41 Å². The third kappa shape index (κ3) is 3.89. The topological polar surface area (TPSA) is 70.4 Å². The summed E-state index contributed by atoms with van der Waals surface area (Å²) in [5, 5.41) is 8.55. The number of nitrogens with zero attached hydrogens (tertiary/aromatic N) is 2. The average molecular weight is 314 g/mol. The van der Waals surface area contributed by atoms with Gasteiger partial charge in [-0.3, -0.25) is 9.59 Å². The molecule has 1 amide bonds. The maximum Gasteiger partial charge on any atom is 0.317 e. The first-order valence-electron chi connectivity index (χ1n) is 7.94. The van der Waals surface area contributed by atoms with Gasteiger partial charge in [-0.15, -0.1) is 0 Å². The first kappa shape index (κ1) is 17.0. The summed E-state index contributed by atoms with van der Waals surface area (Å²) in [5.74, 6) is -0.599. The maximum atomic E-state index is 12.7. The molecule has 23 heavy (non-hydrogen) atoms. The molecule has 1 aromatic rings. The van der Waals surface area contributed by atoms with Crippen LogP contribution in [-0.2, 0) is 19.7 Å². The van der Waals surface area contributed by atoms with Crippen LogP contribution in [-0.4, -0.2) is 37.0 Å². The van der Waals surface area contributed by atoms with Crippen LogP contribution in [0.2, 0.25) is 0 Å². The van der Waals surface area contributed by atoms with E-state index in [0.717, 1.165) is 31.2 Å². The molecule has 1 fully saturated rings. The Balaban J connectivity index is 2.01. The lowest BCUT2D eigenvalue weighted by atomic mass is 9.79. The van der Waals surface area contributed by atoms with E-state index in [1.165, 1.54) is 4.90 Å². The van der Waals surface area contributed by atoms with Crippen LogP contribution in [0.1, 0.15) is 37.7 Å². The highest BCUT2D eigenvalue weighted by Gasteiger charge is 2.44. The summed E-state index contributed by atoms with van der Waals surface area (Å²) in [4.78, 5) is 26.0. The van der Waals surface area contributed by atoms with E-state index in [1.807, 2.05) is 36.4 Å². The zero-order valence-corrected chi connectivity index (χ0v) is 13.5. The summed E-state index contributed by atoms with van der Waals surface area (Å²) in [6, 6.07) is 11.7. The van der Waals surface area contributed by atoms with Gasteiger partial charge < -0.3 is 9.64 Å². The smallest absolute Gasteiger partial charge is 0.317 e. The van der Waals surface area contributed by atoms with Crippen LogP contribution < -0.4 is 0 Å². The second kappa shape index (κ2) is 7.77. The average Bonchev–Trinajstić information content (AvgIpc) is 3.09. The third-order valence-corrected chi connectivity index (χ3v) is 4.49. The molecule has 0 aliphatic heterocycles. The zero-order chi connectivity index (χ0) is 16.7. The number of benzene rings is 1. The van der Waals surface area contributed by atoms with Gasteiger partial charge in [0.05, 0.1) is 17.9 Å². The number of likely N-dealkylation sites (N-methyl/N-ethyl adjacent to an activating group) is 1. The van der Waals surface area contributed by atoms with Gasteiger partial charge in [0.25, 0.3) is 5.91 Å². The number of hydrogen-bond donors (Lipinski definition) is 0. The Morgan fingerprint density at radius 2 is 1.91 bits per heavy atom. The van der Waals surface area contributed by atoms with E-state index in [1.54, 1.807) is 7.05 Å². The van der Waals surface area contributed by atoms with Crippen molar-refractivity contribution in [2.75, 3.05) is 20.2 Å². The minimum atomic E-state index is -0.618. The van der Waals surface area contributed by atoms with E-state index in [4.69, 9.17) is 10.00 Å². The van der Waals surface area contributed by atoms with E-state index in [-0.39, 0.29) is 24.9 Å². The van der Waals surface area contributed by atoms with Crippen molar-refractivity contribution in [3.05, 3.63) is 35.9 Å². The Morgan fingerprint density at radius 3 is 2.52 bits per heavy atom. The molecule has 0 saturated heterocycles. The molecule has 1 aromatic carbocycles. The van der Waals surface area contributed by atoms with Crippen LogP contribution in [0.4, 0.5) is 0 Å². The molecular formula is C18H22N2O3. The zero-order valence-electron chi connectivity index (χ0n) is 13.5. The van der Waals surface area contributed by atoms with E-state index in [2.05, 4.69) is 0 Å². The van der Waals surface area contributed by atoms with Crippen molar-refractivity contribution in [3.8, 4) is 6.07 Å². The summed E-state index contributed by atoms with van der Waals surface area (Å²) in [7, 11) is 1.61. The number of amides is 1. The number of hydrogen-bond acceptors (Lipinski definition) is 4. The van der Waals surface area contributed by atoms with Gasteiger partial charge in [0.1, 0.15) is 0 Å². The fourth-order valence-corrected chi connectivity index (χ4v) is 3.06. The molecule has 0 atom stereocenters. The molecule has 1 aliphatic carbocycles. The van der Waals surface area contributed by atoms with Crippen molar-refractivity contribution in [2.24, 2.45) is 0 Å². The van der Waals surface area contributed by atoms with Crippen LogP contribution >= 0.6 is 0 Å². The number of carbonyl (C=O) groups excluding carboxylic acids is 2. The van der Waals surface area contributed by atoms with Gasteiger partial charge in [0.2, 0.25) is 0 Å². The number of rotatable bonds is 6. The minimum Gasteiger partial charge on any atom is -0.455 e. The second-order valence-electron chi connectivity index (χ2n) is 5.95. The monoisotopic (exact) mass is 314 g/mol. The van der Waals surface area contributed by atoms with Gasteiger partial charge >= 0.3 is 5.97 Å². The lowest BCUT2D eigenvalue weighted by molar-refractivity contribution is -0.156. The molecule has 0 heterocycles. The largest absolute Gasteiger partial charge is 0.455 e. The van der Waals surface area contributed by atoms with Crippen molar-refractivity contribution < 1.29 is 14.3 Å². The Morgan fingerprint density at radius 1 is 1.26 bits per heavy atom. The Kier molecular flexibility index (Phi) is 5.75. The summed E-state index contributed by atoms with van der Waals surface area (Å²) >= 11 is 0. The fraction of sp³-hybridized carbons (Fsp3) is 0.500. The molecule has 0 aromatic heterocycles. The Bertz CT molecular complexity index is 586. The molecule has 0 bridgehead atoms. The van der Waals surface area contributed by atoms with Crippen LogP contribution in [0, 0.1) is 11.3 Å². The number of nitriles is 1. The fourth-order valence-electron chi connectivity index (χ4n) is 3.06. The second-order valence-corrected chi connectivity index (χ2v) is 5.95. The predicted octanol–water partition coefficient (Wildman–Crippen LogP) is 2.41. The number of esters is 1. The quantitative estimate of drug-likeness (QED) is 0.756. The van der Waals surface area contributed by atoms with Crippen LogP contribution in [0.15, 0.2) is 30.3 Å². The Hall–Kier alpha value is -2.35. The molecule has 0 spiro atoms. The van der Waals surface area contributed by atoms with E-state index in [9.17, 15) is 9.59 Å². The van der Waals surface area contributed by atoms with Gasteiger partial charge in [0, 0.05) is 13.6 Å². The van der Waals surface area contributed by atoms with Crippen molar-refractivity contribution in [3.63, 3.8) is 0 Å². The molecule has 122 valence electrons. The lowest BCUT2D eigenvalue weighted by Gasteiger charge is -2.27. The highest BCUT2D eigenvalue weighted by molar-refractivity contribution is 5.86. The van der Waals surface area contributed by atoms with Gasteiger partial charge in [-0.25, -0.2) is 0 Å². The van der Waals surface area contributed by atoms with Gasteiger partial charge in [-0.1, -0.05) is 43.2 Å². The van der Waals surface area contributed by atoms with Gasteiger partial charge in [-0.2, -0.15) is 5.26 Å². The molecule has 0 unspecified atom stereocenters. The molecule has 5 nitrogen and oxygen atoms in total. The SMILES string of the molecule is CN(CCC#N)C(=O)COC(=O)C1(c2ccccc2)CCCC1. The van der Waals surface area contributed by atoms with Crippen molar-refractivity contribution in [1.82, 2.24) is 4.90 Å². The van der Waals surface area contributed by atoms with Gasteiger partial charge in [-0.05, 0) is 18.4 Å². The number of carbonyl (C=O) groups is 2. The van der Waals surface area contributed by atoms with E-state index in [0.29, 0.717) is 6.54 Å². The summed E-state index contributed by atoms with van der Waals surface area (Å²) in [6.45, 7) is 0.0755. The van der Waals surface area contributed by atoms with Crippen molar-refractivity contribution >= 4 is 11.9 Å². The lowest BCUT2D eigenvalue weighted by Crippen LogP contribution is -2.38. The normalized spacial score (nSPS) is 15.7. The van der Waals surface area contributed by atoms with E-state index >= 15 is 0 Å². The summed E-state index contributed by atoms with van der Waals surface area (Å²) in [5.41, 5.74) is 0.347. The van der Waals surface area contributed by atoms with Crippen LogP contribution in [0.5, 0.6) is 0 Å². The first-order valence-corrected chi connectivity index (χ1v) is 7.94.